The van der Waals surface area contributed by atoms with Crippen LogP contribution in [-0.4, -0.2) is 52.9 Å². The van der Waals surface area contributed by atoms with Gasteiger partial charge in [-0.15, -0.1) is 0 Å². The van der Waals surface area contributed by atoms with E-state index >= 15 is 0 Å². The van der Waals surface area contributed by atoms with Crippen LogP contribution in [0, 0.1) is 24.7 Å². The van der Waals surface area contributed by atoms with Crippen molar-refractivity contribution < 1.29 is 18.9 Å². The van der Waals surface area contributed by atoms with Crippen LogP contribution in [0.3, 0.4) is 0 Å². The van der Waals surface area contributed by atoms with Crippen molar-refractivity contribution in [1.29, 1.82) is 0 Å². The van der Waals surface area contributed by atoms with E-state index in [-0.39, 0.29) is 16.2 Å². The fraction of sp³-hybridized carbons (Fsp3) is 0.471. The molecule has 6 heteroatoms. The van der Waals surface area contributed by atoms with Crippen LogP contribution in [0.4, 0.5) is 34.1 Å². The first-order valence-electron chi connectivity index (χ1n) is 28.7. The molecule has 2 aliphatic heterocycles. The largest absolute Gasteiger partial charge is 0.381 e. The van der Waals surface area contributed by atoms with Crippen molar-refractivity contribution in [3.05, 3.63) is 179 Å². The fourth-order valence-electron chi connectivity index (χ4n) is 11.6. The van der Waals surface area contributed by atoms with E-state index in [1.165, 1.54) is 125 Å². The Bertz CT molecular complexity index is 2390. The second-order valence-corrected chi connectivity index (χ2v) is 22.5. The zero-order chi connectivity index (χ0) is 51.1. The van der Waals surface area contributed by atoms with Crippen LogP contribution in [0.25, 0.3) is 0 Å². The Balaban J connectivity index is 0.851. The van der Waals surface area contributed by atoms with Gasteiger partial charge in [0, 0.05) is 63.6 Å². The summed E-state index contributed by atoms with van der Waals surface area (Å²) < 4.78 is 23.0. The summed E-state index contributed by atoms with van der Waals surface area (Å²) in [6.45, 7) is 15.7. The van der Waals surface area contributed by atoms with E-state index in [1.807, 2.05) is 0 Å². The molecule has 0 N–H and O–H groups in total. The molecule has 0 spiro atoms. The number of benzene rings is 6. The predicted molar refractivity (Wildman–Crippen MR) is 309 cm³/mol. The fourth-order valence-corrected chi connectivity index (χ4v) is 11.6. The molecule has 0 aromatic heterocycles. The van der Waals surface area contributed by atoms with Crippen LogP contribution >= 0.6 is 0 Å². The van der Waals surface area contributed by atoms with Gasteiger partial charge >= 0.3 is 0 Å². The number of ether oxygens (including phenoxy) is 4. The Morgan fingerprint density at radius 1 is 0.392 bits per heavy atom. The number of hydrogen-bond acceptors (Lipinski definition) is 6. The zero-order valence-corrected chi connectivity index (χ0v) is 45.6. The van der Waals surface area contributed by atoms with E-state index < -0.39 is 0 Å². The summed E-state index contributed by atoms with van der Waals surface area (Å²) in [5, 5.41) is 0. The van der Waals surface area contributed by atoms with Gasteiger partial charge < -0.3 is 28.7 Å². The third-order valence-electron chi connectivity index (χ3n) is 17.0. The van der Waals surface area contributed by atoms with E-state index in [0.717, 1.165) is 104 Å². The molecule has 3 fully saturated rings. The maximum atomic E-state index is 6.05. The van der Waals surface area contributed by atoms with Gasteiger partial charge in [-0.3, -0.25) is 0 Å². The van der Waals surface area contributed by atoms with Crippen molar-refractivity contribution in [2.24, 2.45) is 10.8 Å². The molecule has 0 radical (unpaired) electrons. The summed E-state index contributed by atoms with van der Waals surface area (Å²) in [4.78, 5) is 4.85. The number of unbranched alkanes of at least 4 members (excludes halogenated alkanes) is 6. The van der Waals surface area contributed by atoms with Crippen molar-refractivity contribution in [2.75, 3.05) is 62.7 Å². The molecule has 392 valence electrons. The summed E-state index contributed by atoms with van der Waals surface area (Å²) in [5.41, 5.74) is 15.8. The first-order valence-corrected chi connectivity index (χ1v) is 28.7. The van der Waals surface area contributed by atoms with Gasteiger partial charge in [0.05, 0.1) is 39.6 Å². The lowest BCUT2D eigenvalue weighted by Crippen LogP contribution is -2.45. The molecule has 1 saturated carbocycles. The number of hydrogen-bond donors (Lipinski definition) is 0. The van der Waals surface area contributed by atoms with E-state index in [0.29, 0.717) is 0 Å². The summed E-state index contributed by atoms with van der Waals surface area (Å²) >= 11 is 0. The topological polar surface area (TPSA) is 43.4 Å². The molecule has 2 saturated heterocycles. The van der Waals surface area contributed by atoms with Gasteiger partial charge in [-0.05, 0) is 173 Å². The van der Waals surface area contributed by atoms with E-state index in [2.05, 4.69) is 183 Å². The van der Waals surface area contributed by atoms with Crippen molar-refractivity contribution in [2.45, 2.75) is 142 Å². The maximum Gasteiger partial charge on any atom is 0.0566 e. The van der Waals surface area contributed by atoms with Gasteiger partial charge in [0.2, 0.25) is 0 Å². The molecule has 0 atom stereocenters. The summed E-state index contributed by atoms with van der Waals surface area (Å²) in [5.74, 6) is 0. The average molecular weight is 995 g/mol. The highest BCUT2D eigenvalue weighted by molar-refractivity contribution is 5.78. The zero-order valence-electron chi connectivity index (χ0n) is 45.6. The van der Waals surface area contributed by atoms with Crippen molar-refractivity contribution in [3.8, 4) is 0 Å². The minimum Gasteiger partial charge on any atom is -0.381 e. The molecular weight excluding hydrogens is 909 g/mol. The Morgan fingerprint density at radius 3 is 1.04 bits per heavy atom. The highest BCUT2D eigenvalue weighted by atomic mass is 16.5. The molecule has 74 heavy (non-hydrogen) atoms. The Hall–Kier alpha value is -5.24. The predicted octanol–water partition coefficient (Wildman–Crippen LogP) is 17.6. The summed E-state index contributed by atoms with van der Waals surface area (Å²) in [7, 11) is 0. The Labute approximate surface area is 445 Å². The standard InChI is InChI=1S/C68H86N2O4/c1-5-66(50-73-51-66)48-71-46-16-9-7-12-18-56-24-36-62(37-25-56)69(60-32-20-54(3)21-33-60)64-40-28-58(29-41-64)68(44-14-11-15-45-68)59-30-42-65(43-31-59)70(61-34-22-55(4)23-35-61)63-38-26-57(27-39-63)19-13-8-10-17-47-72-49-67(6-2)52-74-53-67/h20-43H,5-19,44-53H2,1-4H3. The molecule has 3 aliphatic rings. The smallest absolute Gasteiger partial charge is 0.0566 e. The van der Waals surface area contributed by atoms with Crippen LogP contribution in [0.5, 0.6) is 0 Å². The van der Waals surface area contributed by atoms with Gasteiger partial charge in [-0.2, -0.15) is 0 Å². The molecule has 6 aromatic carbocycles. The monoisotopic (exact) mass is 995 g/mol. The van der Waals surface area contributed by atoms with Crippen LogP contribution in [-0.2, 0) is 37.2 Å². The van der Waals surface area contributed by atoms with Crippen LogP contribution in [0.15, 0.2) is 146 Å². The van der Waals surface area contributed by atoms with Gasteiger partial charge in [0.15, 0.2) is 0 Å². The van der Waals surface area contributed by atoms with Crippen LogP contribution in [0.1, 0.15) is 144 Å². The summed E-state index contributed by atoms with van der Waals surface area (Å²) in [6, 6.07) is 55.8. The van der Waals surface area contributed by atoms with Crippen molar-refractivity contribution in [1.82, 2.24) is 0 Å². The molecular formula is C68H86N2O4. The Morgan fingerprint density at radius 2 is 0.716 bits per heavy atom. The molecule has 2 heterocycles. The normalized spacial score (nSPS) is 16.5. The maximum absolute atomic E-state index is 6.05. The number of nitrogens with zero attached hydrogens (tertiary/aromatic N) is 2. The van der Waals surface area contributed by atoms with E-state index in [9.17, 15) is 0 Å². The number of aryl methyl sites for hydroxylation is 4. The molecule has 6 nitrogen and oxygen atoms in total. The van der Waals surface area contributed by atoms with Gasteiger partial charge in [-0.25, -0.2) is 0 Å². The lowest BCUT2D eigenvalue weighted by atomic mass is 9.65. The highest BCUT2D eigenvalue weighted by Crippen LogP contribution is 2.47. The van der Waals surface area contributed by atoms with Crippen LogP contribution in [0.2, 0.25) is 0 Å². The third-order valence-corrected chi connectivity index (χ3v) is 17.0. The first-order chi connectivity index (χ1) is 36.3. The first kappa shape index (κ1) is 53.6. The van der Waals surface area contributed by atoms with Gasteiger partial charge in [0.1, 0.15) is 0 Å². The molecule has 0 bridgehead atoms. The van der Waals surface area contributed by atoms with Crippen LogP contribution < -0.4 is 9.80 Å². The third kappa shape index (κ3) is 13.4. The second kappa shape index (κ2) is 26.0. The van der Waals surface area contributed by atoms with Crippen molar-refractivity contribution >= 4 is 34.1 Å². The number of rotatable bonds is 28. The number of anilines is 6. The highest BCUT2D eigenvalue weighted by Gasteiger charge is 2.38. The van der Waals surface area contributed by atoms with Crippen molar-refractivity contribution in [3.63, 3.8) is 0 Å². The average Bonchev–Trinajstić information content (AvgIpc) is 3.42. The van der Waals surface area contributed by atoms with E-state index in [1.54, 1.807) is 0 Å². The minimum absolute atomic E-state index is 0.0330. The summed E-state index contributed by atoms with van der Waals surface area (Å²) in [6.07, 6.45) is 20.1. The minimum atomic E-state index is -0.0330. The SMILES string of the molecule is CCC1(COCCCCCCc2ccc(N(c3ccc(C)cc3)c3ccc(C4(c5ccc(N(c6ccc(C)cc6)c6ccc(CCCCCCOCC7(CC)COC7)cc6)cc5)CCCCC4)cc3)cc2)COC1. The molecule has 1 aliphatic carbocycles. The lowest BCUT2D eigenvalue weighted by molar-refractivity contribution is -0.150. The van der Waals surface area contributed by atoms with Gasteiger partial charge in [0.25, 0.3) is 0 Å². The molecule has 0 amide bonds. The lowest BCUT2D eigenvalue weighted by Gasteiger charge is -2.40. The molecule has 0 unspecified atom stereocenters. The van der Waals surface area contributed by atoms with Gasteiger partial charge in [-0.1, -0.05) is 143 Å². The second-order valence-electron chi connectivity index (χ2n) is 22.5. The molecule has 9 rings (SSSR count). The quantitative estimate of drug-likeness (QED) is 0.0456. The molecule has 6 aromatic rings. The Kier molecular flexibility index (Phi) is 18.8. The van der Waals surface area contributed by atoms with E-state index in [4.69, 9.17) is 18.9 Å².